The number of hydrogen-bond donors (Lipinski definition) is 3. The highest BCUT2D eigenvalue weighted by Crippen LogP contribution is 2.38. The fourth-order valence-electron chi connectivity index (χ4n) is 2.10. The molecule has 1 aliphatic rings. The number of rotatable bonds is 3. The van der Waals surface area contributed by atoms with Gasteiger partial charge >= 0.3 is 11.7 Å². The molecule has 3 atom stereocenters. The minimum absolute atomic E-state index is 0.0129. The molecule has 2 heterocycles. The second-order valence-corrected chi connectivity index (χ2v) is 4.48. The summed E-state index contributed by atoms with van der Waals surface area (Å²) in [6, 6.07) is 1.34. The minimum atomic E-state index is -2.05. The third-order valence-corrected chi connectivity index (χ3v) is 2.86. The van der Waals surface area contributed by atoms with Gasteiger partial charge in [-0.2, -0.15) is 4.98 Å². The highest BCUT2D eigenvalue weighted by atomic mass is 16.7. The summed E-state index contributed by atoms with van der Waals surface area (Å²) in [5.41, 5.74) is 4.61. The first kappa shape index (κ1) is 14.4. The molecule has 2 rings (SSSR count). The first-order valence-electron chi connectivity index (χ1n) is 5.88. The van der Waals surface area contributed by atoms with Crippen LogP contribution in [-0.4, -0.2) is 44.2 Å². The number of nitrogens with zero attached hydrogens (tertiary/aromatic N) is 2. The lowest BCUT2D eigenvalue weighted by molar-refractivity contribution is -0.242. The van der Waals surface area contributed by atoms with E-state index in [-0.39, 0.29) is 12.2 Å². The fourth-order valence-corrected chi connectivity index (χ4v) is 2.10. The second-order valence-electron chi connectivity index (χ2n) is 4.48. The van der Waals surface area contributed by atoms with Crippen LogP contribution < -0.4 is 11.4 Å². The molecule has 1 aliphatic heterocycles. The van der Waals surface area contributed by atoms with Crippen LogP contribution in [0.3, 0.4) is 0 Å². The highest BCUT2D eigenvalue weighted by molar-refractivity contribution is 5.66. The molecule has 0 saturated carbocycles. The molecular weight excluding hydrogens is 270 g/mol. The Morgan fingerprint density at radius 1 is 1.75 bits per heavy atom. The molecule has 4 N–H and O–H groups in total. The lowest BCUT2D eigenvalue weighted by Crippen LogP contribution is -2.43. The lowest BCUT2D eigenvalue weighted by atomic mass is 10.1. The van der Waals surface area contributed by atoms with E-state index in [1.54, 1.807) is 0 Å². The topological polar surface area (TPSA) is 137 Å². The molecule has 0 aliphatic carbocycles. The normalized spacial score (nSPS) is 29.4. The molecule has 0 amide bonds. The number of ether oxygens (including phenoxy) is 2. The van der Waals surface area contributed by atoms with E-state index in [9.17, 15) is 14.7 Å². The van der Waals surface area contributed by atoms with E-state index in [0.717, 1.165) is 11.5 Å². The van der Waals surface area contributed by atoms with Gasteiger partial charge in [-0.1, -0.05) is 0 Å². The molecule has 0 spiro atoms. The zero-order valence-electron chi connectivity index (χ0n) is 10.7. The summed E-state index contributed by atoms with van der Waals surface area (Å²) in [7, 11) is 0. The van der Waals surface area contributed by atoms with Gasteiger partial charge in [0.05, 0.1) is 12.7 Å². The quantitative estimate of drug-likeness (QED) is 0.444. The molecular formula is C11H15N3O6. The highest BCUT2D eigenvalue weighted by Gasteiger charge is 2.52. The summed E-state index contributed by atoms with van der Waals surface area (Å²) in [6.45, 7) is 0.725. The number of aliphatic hydroxyl groups excluding tert-OH is 1. The van der Waals surface area contributed by atoms with Crippen LogP contribution in [0.15, 0.2) is 17.1 Å². The van der Waals surface area contributed by atoms with Gasteiger partial charge in [0.2, 0.25) is 6.23 Å². The Hall–Kier alpha value is -1.97. The number of esters is 1. The third kappa shape index (κ3) is 2.64. The van der Waals surface area contributed by atoms with Crippen LogP contribution in [0.5, 0.6) is 0 Å². The van der Waals surface area contributed by atoms with Crippen molar-refractivity contribution in [1.82, 2.24) is 9.55 Å². The summed E-state index contributed by atoms with van der Waals surface area (Å²) >= 11 is 0. The zero-order valence-corrected chi connectivity index (χ0v) is 10.7. The van der Waals surface area contributed by atoms with Gasteiger partial charge in [-0.25, -0.2) is 4.79 Å². The lowest BCUT2D eigenvalue weighted by Gasteiger charge is -2.28. The number of anilines is 1. The Morgan fingerprint density at radius 2 is 2.45 bits per heavy atom. The van der Waals surface area contributed by atoms with Crippen molar-refractivity contribution < 1.29 is 24.5 Å². The van der Waals surface area contributed by atoms with Gasteiger partial charge in [0, 0.05) is 19.5 Å². The number of carbonyl (C=O) groups is 1. The van der Waals surface area contributed by atoms with E-state index in [1.165, 1.54) is 12.3 Å². The van der Waals surface area contributed by atoms with Gasteiger partial charge in [0.15, 0.2) is 0 Å². The van der Waals surface area contributed by atoms with Crippen molar-refractivity contribution in [3.63, 3.8) is 0 Å². The molecule has 1 fully saturated rings. The molecule has 9 heteroatoms. The molecule has 0 unspecified atom stereocenters. The minimum Gasteiger partial charge on any atom is -0.428 e. The molecule has 0 bridgehead atoms. The van der Waals surface area contributed by atoms with Gasteiger partial charge in [-0.05, 0) is 6.07 Å². The number of nitrogen functional groups attached to an aromatic ring is 1. The molecule has 9 nitrogen and oxygen atoms in total. The maximum atomic E-state index is 11.8. The average Bonchev–Trinajstić information content (AvgIpc) is 2.65. The van der Waals surface area contributed by atoms with Crippen LogP contribution >= 0.6 is 0 Å². The van der Waals surface area contributed by atoms with E-state index in [4.69, 9.17) is 20.3 Å². The molecule has 0 radical (unpaired) electrons. The Kier molecular flexibility index (Phi) is 3.75. The van der Waals surface area contributed by atoms with Crippen LogP contribution in [0, 0.1) is 0 Å². The monoisotopic (exact) mass is 285 g/mol. The SMILES string of the molecule is CC(=O)O[C@@]1(O)C[C@@H](CO)O[C@H]1n1ccc(N)nc1=O. The van der Waals surface area contributed by atoms with Crippen molar-refractivity contribution in [1.29, 1.82) is 0 Å². The van der Waals surface area contributed by atoms with Crippen LogP contribution in [0.4, 0.5) is 5.82 Å². The van der Waals surface area contributed by atoms with E-state index < -0.39 is 36.4 Å². The predicted molar refractivity (Wildman–Crippen MR) is 65.2 cm³/mol. The molecule has 20 heavy (non-hydrogen) atoms. The molecule has 1 aromatic heterocycles. The summed E-state index contributed by atoms with van der Waals surface area (Å²) in [6.07, 6.45) is -0.966. The van der Waals surface area contributed by atoms with Crippen LogP contribution in [0.1, 0.15) is 19.6 Å². The Balaban J connectivity index is 2.40. The van der Waals surface area contributed by atoms with E-state index in [1.807, 2.05) is 0 Å². The van der Waals surface area contributed by atoms with Gasteiger partial charge in [-0.15, -0.1) is 0 Å². The van der Waals surface area contributed by atoms with Gasteiger partial charge in [0.1, 0.15) is 5.82 Å². The van der Waals surface area contributed by atoms with Crippen molar-refractivity contribution in [2.24, 2.45) is 0 Å². The Labute approximate surface area is 113 Å². The number of nitrogens with two attached hydrogens (primary N) is 1. The number of carbonyl (C=O) groups excluding carboxylic acids is 1. The van der Waals surface area contributed by atoms with Crippen LogP contribution in [0.2, 0.25) is 0 Å². The predicted octanol–water partition coefficient (Wildman–Crippen LogP) is -1.64. The Morgan fingerprint density at radius 3 is 3.00 bits per heavy atom. The average molecular weight is 285 g/mol. The van der Waals surface area contributed by atoms with Gasteiger partial charge < -0.3 is 25.4 Å². The van der Waals surface area contributed by atoms with Crippen molar-refractivity contribution in [3.05, 3.63) is 22.7 Å². The summed E-state index contributed by atoms with van der Waals surface area (Å²) < 4.78 is 11.1. The maximum Gasteiger partial charge on any atom is 0.351 e. The van der Waals surface area contributed by atoms with Crippen molar-refractivity contribution in [3.8, 4) is 0 Å². The number of aliphatic hydroxyl groups is 2. The van der Waals surface area contributed by atoms with E-state index in [2.05, 4.69) is 4.98 Å². The third-order valence-electron chi connectivity index (χ3n) is 2.86. The summed E-state index contributed by atoms with van der Waals surface area (Å²) in [4.78, 5) is 26.4. The summed E-state index contributed by atoms with van der Waals surface area (Å²) in [5, 5.41) is 19.5. The number of hydrogen-bond acceptors (Lipinski definition) is 8. The number of aromatic nitrogens is 2. The molecule has 110 valence electrons. The zero-order chi connectivity index (χ0) is 14.9. The van der Waals surface area contributed by atoms with Crippen LogP contribution in [0.25, 0.3) is 0 Å². The Bertz CT molecular complexity index is 574. The van der Waals surface area contributed by atoms with Gasteiger partial charge in [0.25, 0.3) is 5.79 Å². The summed E-state index contributed by atoms with van der Waals surface area (Å²) in [5.74, 6) is -2.78. The molecule has 1 saturated heterocycles. The molecule has 1 aromatic rings. The van der Waals surface area contributed by atoms with Crippen LogP contribution in [-0.2, 0) is 14.3 Å². The maximum absolute atomic E-state index is 11.8. The van der Waals surface area contributed by atoms with Crippen molar-refractivity contribution in [2.45, 2.75) is 31.5 Å². The smallest absolute Gasteiger partial charge is 0.351 e. The van der Waals surface area contributed by atoms with E-state index in [0.29, 0.717) is 0 Å². The van der Waals surface area contributed by atoms with E-state index >= 15 is 0 Å². The van der Waals surface area contributed by atoms with Gasteiger partial charge in [-0.3, -0.25) is 9.36 Å². The first-order valence-corrected chi connectivity index (χ1v) is 5.88. The molecule has 0 aromatic carbocycles. The standard InChI is InChI=1S/C11H15N3O6/c1-6(16)20-11(18)4-7(5-15)19-9(11)14-3-2-8(12)13-10(14)17/h2-3,7,9,15,18H,4-5H2,1H3,(H2,12,13,17)/t7-,9+,11-/m0/s1. The van der Waals surface area contributed by atoms with Crippen molar-refractivity contribution >= 4 is 11.8 Å². The largest absolute Gasteiger partial charge is 0.428 e. The van der Waals surface area contributed by atoms with Crippen molar-refractivity contribution in [2.75, 3.05) is 12.3 Å². The first-order chi connectivity index (χ1) is 9.35. The second kappa shape index (κ2) is 5.19. The fraction of sp³-hybridized carbons (Fsp3) is 0.545.